The lowest BCUT2D eigenvalue weighted by Gasteiger charge is -2.08. The van der Waals surface area contributed by atoms with Crippen molar-refractivity contribution in [2.75, 3.05) is 19.0 Å². The van der Waals surface area contributed by atoms with Crippen LogP contribution in [-0.2, 0) is 0 Å². The molecule has 0 bridgehead atoms. The van der Waals surface area contributed by atoms with Crippen LogP contribution < -0.4 is 10.1 Å². The number of methoxy groups -OCH3 is 1. The number of nitrogens with zero attached hydrogens (tertiary/aromatic N) is 2. The van der Waals surface area contributed by atoms with E-state index in [9.17, 15) is 4.39 Å². The predicted octanol–water partition coefficient (Wildman–Crippen LogP) is 3.38. The molecular weight excluding hydrogens is 269 g/mol. The van der Waals surface area contributed by atoms with Crippen molar-refractivity contribution in [1.29, 1.82) is 0 Å². The summed E-state index contributed by atoms with van der Waals surface area (Å²) in [6.45, 7) is 2.58. The number of rotatable bonds is 4. The smallest absolute Gasteiger partial charge is 0.223 e. The number of benzene rings is 1. The van der Waals surface area contributed by atoms with Gasteiger partial charge in [-0.05, 0) is 19.1 Å². The van der Waals surface area contributed by atoms with E-state index in [-0.39, 0.29) is 5.69 Å². The largest absolute Gasteiger partial charge is 0.495 e. The van der Waals surface area contributed by atoms with Crippen LogP contribution in [0.3, 0.4) is 0 Å². The van der Waals surface area contributed by atoms with Crippen molar-refractivity contribution in [2.45, 2.75) is 6.92 Å². The van der Waals surface area contributed by atoms with Gasteiger partial charge >= 0.3 is 0 Å². The third-order valence-corrected chi connectivity index (χ3v) is 2.82. The van der Waals surface area contributed by atoms with Crippen LogP contribution in [0.1, 0.15) is 6.92 Å². The fourth-order valence-corrected chi connectivity index (χ4v) is 1.81. The Kier molecular flexibility index (Phi) is 4.16. The first kappa shape index (κ1) is 13.5. The zero-order chi connectivity index (χ0) is 13.8. The van der Waals surface area contributed by atoms with E-state index in [1.165, 1.54) is 7.11 Å². The molecule has 4 nitrogen and oxygen atoms in total. The lowest BCUT2D eigenvalue weighted by molar-refractivity contribution is 0.415. The SMILES string of the molecule is CCNc1ncc(F)c(-c2ccc(Cl)c(OC)c2)n1. The van der Waals surface area contributed by atoms with Crippen molar-refractivity contribution in [1.82, 2.24) is 9.97 Å². The summed E-state index contributed by atoms with van der Waals surface area (Å²) in [7, 11) is 1.51. The molecule has 0 aliphatic carbocycles. The van der Waals surface area contributed by atoms with Gasteiger partial charge in [-0.15, -0.1) is 0 Å². The zero-order valence-corrected chi connectivity index (χ0v) is 11.3. The van der Waals surface area contributed by atoms with Gasteiger partial charge in [0.05, 0.1) is 18.3 Å². The Morgan fingerprint density at radius 3 is 2.89 bits per heavy atom. The van der Waals surface area contributed by atoms with Gasteiger partial charge in [0.1, 0.15) is 11.4 Å². The maximum atomic E-state index is 13.8. The molecule has 0 unspecified atom stereocenters. The van der Waals surface area contributed by atoms with E-state index in [0.29, 0.717) is 28.8 Å². The number of hydrogen-bond donors (Lipinski definition) is 1. The number of nitrogens with one attached hydrogen (secondary N) is 1. The number of aromatic nitrogens is 2. The summed E-state index contributed by atoms with van der Waals surface area (Å²) in [6, 6.07) is 4.97. The van der Waals surface area contributed by atoms with E-state index < -0.39 is 5.82 Å². The molecule has 0 saturated heterocycles. The third-order valence-electron chi connectivity index (χ3n) is 2.50. The summed E-state index contributed by atoms with van der Waals surface area (Å²) in [5.41, 5.74) is 0.793. The summed E-state index contributed by atoms with van der Waals surface area (Å²) in [4.78, 5) is 8.00. The molecule has 0 atom stereocenters. The van der Waals surface area contributed by atoms with Crippen LogP contribution in [0.25, 0.3) is 11.3 Å². The van der Waals surface area contributed by atoms with Crippen LogP contribution in [0.15, 0.2) is 24.4 Å². The van der Waals surface area contributed by atoms with Crippen LogP contribution in [0.2, 0.25) is 5.02 Å². The molecular formula is C13H13ClFN3O. The van der Waals surface area contributed by atoms with Gasteiger partial charge in [0.25, 0.3) is 0 Å². The average molecular weight is 282 g/mol. The fourth-order valence-electron chi connectivity index (χ4n) is 1.62. The Morgan fingerprint density at radius 1 is 1.42 bits per heavy atom. The van der Waals surface area contributed by atoms with Crippen LogP contribution in [0.5, 0.6) is 5.75 Å². The molecule has 0 saturated carbocycles. The number of ether oxygens (including phenoxy) is 1. The molecule has 0 spiro atoms. The first-order chi connectivity index (χ1) is 9.15. The van der Waals surface area contributed by atoms with Crippen LogP contribution >= 0.6 is 11.6 Å². The highest BCUT2D eigenvalue weighted by molar-refractivity contribution is 6.32. The summed E-state index contributed by atoms with van der Waals surface area (Å²) >= 11 is 5.94. The molecule has 2 rings (SSSR count). The molecule has 0 amide bonds. The van der Waals surface area contributed by atoms with Crippen molar-refractivity contribution < 1.29 is 9.13 Å². The van der Waals surface area contributed by atoms with E-state index in [1.54, 1.807) is 18.2 Å². The average Bonchev–Trinajstić information content (AvgIpc) is 2.42. The van der Waals surface area contributed by atoms with E-state index in [4.69, 9.17) is 16.3 Å². The molecule has 1 aromatic carbocycles. The normalized spacial score (nSPS) is 10.3. The number of halogens is 2. The second-order valence-corrected chi connectivity index (χ2v) is 4.18. The van der Waals surface area contributed by atoms with Gasteiger partial charge in [-0.3, -0.25) is 0 Å². The molecule has 0 aliphatic rings. The highest BCUT2D eigenvalue weighted by Crippen LogP contribution is 2.30. The summed E-state index contributed by atoms with van der Waals surface area (Å²) in [5, 5.41) is 3.40. The Labute approximate surface area is 115 Å². The van der Waals surface area contributed by atoms with E-state index >= 15 is 0 Å². The van der Waals surface area contributed by atoms with Gasteiger partial charge < -0.3 is 10.1 Å². The van der Waals surface area contributed by atoms with Gasteiger partial charge in [0.2, 0.25) is 5.95 Å². The lowest BCUT2D eigenvalue weighted by Crippen LogP contribution is -2.04. The second-order valence-electron chi connectivity index (χ2n) is 3.77. The van der Waals surface area contributed by atoms with E-state index in [1.807, 2.05) is 6.92 Å². The Hall–Kier alpha value is -1.88. The second kappa shape index (κ2) is 5.84. The maximum Gasteiger partial charge on any atom is 0.223 e. The van der Waals surface area contributed by atoms with Crippen LogP contribution in [0, 0.1) is 5.82 Å². The van der Waals surface area contributed by atoms with Crippen molar-refractivity contribution in [2.24, 2.45) is 0 Å². The van der Waals surface area contributed by atoms with Gasteiger partial charge in [0, 0.05) is 12.1 Å². The van der Waals surface area contributed by atoms with Crippen molar-refractivity contribution in [3.63, 3.8) is 0 Å². The quantitative estimate of drug-likeness (QED) is 0.933. The van der Waals surface area contributed by atoms with Gasteiger partial charge in [0.15, 0.2) is 5.82 Å². The van der Waals surface area contributed by atoms with E-state index in [2.05, 4.69) is 15.3 Å². The van der Waals surface area contributed by atoms with Crippen molar-refractivity contribution in [3.8, 4) is 17.0 Å². The fraction of sp³-hybridized carbons (Fsp3) is 0.231. The lowest BCUT2D eigenvalue weighted by atomic mass is 10.1. The molecule has 0 radical (unpaired) electrons. The third kappa shape index (κ3) is 2.93. The number of anilines is 1. The molecule has 6 heteroatoms. The molecule has 1 aromatic heterocycles. The molecule has 0 fully saturated rings. The van der Waals surface area contributed by atoms with Gasteiger partial charge in [-0.2, -0.15) is 0 Å². The summed E-state index contributed by atoms with van der Waals surface area (Å²) in [5.74, 6) is 0.362. The van der Waals surface area contributed by atoms with Gasteiger partial charge in [-0.25, -0.2) is 14.4 Å². The Bertz CT molecular complexity index is 592. The zero-order valence-electron chi connectivity index (χ0n) is 10.6. The maximum absolute atomic E-state index is 13.8. The topological polar surface area (TPSA) is 47.0 Å². The highest BCUT2D eigenvalue weighted by atomic mass is 35.5. The van der Waals surface area contributed by atoms with Crippen molar-refractivity contribution >= 4 is 17.5 Å². The summed E-state index contributed by atoms with van der Waals surface area (Å²) < 4.78 is 18.9. The molecule has 19 heavy (non-hydrogen) atoms. The molecule has 0 aliphatic heterocycles. The standard InChI is InChI=1S/C13H13ClFN3O/c1-3-16-13-17-7-10(15)12(18-13)8-4-5-9(14)11(6-8)19-2/h4-7H,3H2,1-2H3,(H,16,17,18). The monoisotopic (exact) mass is 281 g/mol. The van der Waals surface area contributed by atoms with Crippen LogP contribution in [-0.4, -0.2) is 23.6 Å². The minimum atomic E-state index is -0.494. The van der Waals surface area contributed by atoms with Crippen molar-refractivity contribution in [3.05, 3.63) is 35.2 Å². The predicted molar refractivity (Wildman–Crippen MR) is 73.2 cm³/mol. The Balaban J connectivity index is 2.48. The minimum Gasteiger partial charge on any atom is -0.495 e. The molecule has 1 N–H and O–H groups in total. The van der Waals surface area contributed by atoms with Crippen LogP contribution in [0.4, 0.5) is 10.3 Å². The number of hydrogen-bond acceptors (Lipinski definition) is 4. The molecule has 100 valence electrons. The Morgan fingerprint density at radius 2 is 2.21 bits per heavy atom. The molecule has 2 aromatic rings. The minimum absolute atomic E-state index is 0.209. The first-order valence-corrected chi connectivity index (χ1v) is 6.13. The van der Waals surface area contributed by atoms with E-state index in [0.717, 1.165) is 6.20 Å². The summed E-state index contributed by atoms with van der Waals surface area (Å²) in [6.07, 6.45) is 1.14. The van der Waals surface area contributed by atoms with Gasteiger partial charge in [-0.1, -0.05) is 17.7 Å². The first-order valence-electron chi connectivity index (χ1n) is 5.76. The molecule has 1 heterocycles. The highest BCUT2D eigenvalue weighted by Gasteiger charge is 2.11.